The topological polar surface area (TPSA) is 125 Å². The number of carboxylic acids is 1. The number of carboxylic acid groups (broad SMARTS) is 1. The number of nitrogens with zero attached hydrogens (tertiary/aromatic N) is 4. The fraction of sp³-hybridized carbons (Fsp3) is 0.0926. The Morgan fingerprint density at radius 3 is 1.35 bits per heavy atom. The third-order valence-electron chi connectivity index (χ3n) is 10.7. The molecule has 7 aromatic carbocycles. The Morgan fingerprint density at radius 1 is 0.492 bits per heavy atom. The monoisotopic (exact) mass is 1130 g/mol. The molecule has 2 heterocycles. The average molecular weight is 1140 g/mol. The van der Waals surface area contributed by atoms with Crippen LogP contribution in [0.2, 0.25) is 0 Å². The van der Waals surface area contributed by atoms with Crippen LogP contribution in [0.25, 0.3) is 78.9 Å². The smallest absolute Gasteiger partial charge is 0.322 e. The van der Waals surface area contributed by atoms with Crippen molar-refractivity contribution in [2.45, 2.75) is 13.1 Å². The molecule has 0 fully saturated rings. The zero-order valence-corrected chi connectivity index (χ0v) is 41.8. The maximum Gasteiger partial charge on any atom is 0.322 e. The molecule has 321 valence electrons. The first-order valence-corrected chi connectivity index (χ1v) is 21.8. The Hall–Kier alpha value is -5.93. The number of aliphatic hydroxyl groups excluding tert-OH is 2. The van der Waals surface area contributed by atoms with Crippen molar-refractivity contribution in [2.75, 3.05) is 25.1 Å². The second-order valence-electron chi connectivity index (χ2n) is 14.8. The molecule has 9 aromatic rings. The summed E-state index contributed by atoms with van der Waals surface area (Å²) in [5.41, 5.74) is 12.4. The van der Waals surface area contributed by atoms with Crippen molar-refractivity contribution in [2.24, 2.45) is 0 Å². The molecule has 1 radical (unpaired) electrons. The van der Waals surface area contributed by atoms with Gasteiger partial charge in [0, 0.05) is 101 Å². The van der Waals surface area contributed by atoms with Gasteiger partial charge in [0.15, 0.2) is 0 Å². The standard InChI is InChI=1S/C31H27N3O3.C23H19BrN2O.Ac/c35-19-18-34-30(23-12-5-2-6-13-23)29(22-10-3-1-4-11-22)33-31(34)27-17-8-7-16-26(27)24-14-9-15-25(20-24)32-21-28(36)37;24-20-14-8-7-13-19(20)23-25-21(17-9-3-1-4-10-17)22(26(23)15-16-27)18-11-5-2-6-12-18;/h1-17,20,32,35H,18-19,21H2,(H,36,37);1-14,27H,15-16H2;. The van der Waals surface area contributed by atoms with Crippen LogP contribution in [0.3, 0.4) is 0 Å². The van der Waals surface area contributed by atoms with Gasteiger partial charge in [-0.2, -0.15) is 0 Å². The molecule has 0 saturated carbocycles. The normalized spacial score (nSPS) is 10.7. The van der Waals surface area contributed by atoms with Crippen molar-refractivity contribution < 1.29 is 64.2 Å². The van der Waals surface area contributed by atoms with Crippen LogP contribution in [0.15, 0.2) is 199 Å². The number of aromatic nitrogens is 4. The number of nitrogens with one attached hydrogen (secondary N) is 1. The quantitative estimate of drug-likeness (QED) is 0.0855. The molecule has 0 aliphatic carbocycles. The Bertz CT molecular complexity index is 2960. The molecule has 11 heteroatoms. The Kier molecular flexibility index (Phi) is 16.5. The summed E-state index contributed by atoms with van der Waals surface area (Å²) in [4.78, 5) is 21.2. The van der Waals surface area contributed by atoms with E-state index in [1.165, 1.54) is 0 Å². The van der Waals surface area contributed by atoms with Crippen LogP contribution in [0, 0.1) is 44.1 Å². The van der Waals surface area contributed by atoms with E-state index in [0.717, 1.165) is 89.1 Å². The number of hydrogen-bond donors (Lipinski definition) is 4. The van der Waals surface area contributed by atoms with Gasteiger partial charge in [0.25, 0.3) is 0 Å². The summed E-state index contributed by atoms with van der Waals surface area (Å²) in [7, 11) is 0. The Labute approximate surface area is 422 Å². The molecule has 0 aliphatic rings. The fourth-order valence-electron chi connectivity index (χ4n) is 7.87. The zero-order chi connectivity index (χ0) is 44.3. The van der Waals surface area contributed by atoms with Crippen molar-refractivity contribution in [3.63, 3.8) is 0 Å². The summed E-state index contributed by atoms with van der Waals surface area (Å²) in [6.07, 6.45) is 0. The Balaban J connectivity index is 0.000000200. The average Bonchev–Trinajstić information content (AvgIpc) is 3.91. The minimum absolute atomic E-state index is 0. The first kappa shape index (κ1) is 47.0. The molecule has 9 rings (SSSR count). The second kappa shape index (κ2) is 22.8. The van der Waals surface area contributed by atoms with E-state index in [1.807, 2.05) is 158 Å². The maximum atomic E-state index is 11.0. The van der Waals surface area contributed by atoms with Gasteiger partial charge in [0.1, 0.15) is 18.2 Å². The second-order valence-corrected chi connectivity index (χ2v) is 15.7. The summed E-state index contributed by atoms with van der Waals surface area (Å²) in [6, 6.07) is 64.4. The van der Waals surface area contributed by atoms with Crippen molar-refractivity contribution >= 4 is 27.6 Å². The van der Waals surface area contributed by atoms with Crippen LogP contribution in [-0.4, -0.2) is 60.1 Å². The van der Waals surface area contributed by atoms with Crippen LogP contribution < -0.4 is 5.32 Å². The van der Waals surface area contributed by atoms with E-state index in [4.69, 9.17) is 15.1 Å². The van der Waals surface area contributed by atoms with Gasteiger partial charge in [-0.15, -0.1) is 0 Å². The molecule has 0 unspecified atom stereocenters. The van der Waals surface area contributed by atoms with Gasteiger partial charge in [0.05, 0.1) is 36.0 Å². The van der Waals surface area contributed by atoms with E-state index in [9.17, 15) is 15.0 Å². The van der Waals surface area contributed by atoms with E-state index < -0.39 is 5.97 Å². The van der Waals surface area contributed by atoms with E-state index in [-0.39, 0.29) is 63.8 Å². The number of rotatable bonds is 14. The first-order chi connectivity index (χ1) is 31.4. The van der Waals surface area contributed by atoms with Gasteiger partial charge in [-0.05, 0) is 29.3 Å². The SMILES string of the molecule is O=C(O)CNc1cccc(-c2ccccc2-c2nc(-c3ccccc3)c(-c3ccccc3)n2CCO)c1.OCCn1c(-c2ccccc2Br)nc(-c2ccccc2)c1-c1ccccc1.[Ac]. The number of carbonyl (C=O) groups is 1. The van der Waals surface area contributed by atoms with Crippen molar-refractivity contribution in [3.05, 3.63) is 199 Å². The van der Waals surface area contributed by atoms with Crippen molar-refractivity contribution in [1.82, 2.24) is 19.1 Å². The molecule has 0 bridgehead atoms. The third-order valence-corrected chi connectivity index (χ3v) is 11.4. The molecular formula is C54H46AcBrN5O4. The number of halogens is 1. The van der Waals surface area contributed by atoms with E-state index in [2.05, 4.69) is 66.8 Å². The van der Waals surface area contributed by atoms with Crippen LogP contribution in [0.5, 0.6) is 0 Å². The third kappa shape index (κ3) is 11.0. The zero-order valence-electron chi connectivity index (χ0n) is 35.5. The van der Waals surface area contributed by atoms with Crippen LogP contribution in [0.1, 0.15) is 0 Å². The van der Waals surface area contributed by atoms with Crippen LogP contribution in [-0.2, 0) is 17.9 Å². The van der Waals surface area contributed by atoms with Crippen LogP contribution >= 0.6 is 15.9 Å². The predicted octanol–water partition coefficient (Wildman–Crippen LogP) is 11.7. The van der Waals surface area contributed by atoms with Gasteiger partial charge < -0.3 is 29.8 Å². The molecule has 0 aliphatic heterocycles. The molecule has 0 amide bonds. The van der Waals surface area contributed by atoms with Gasteiger partial charge in [-0.1, -0.05) is 192 Å². The van der Waals surface area contributed by atoms with Crippen molar-refractivity contribution in [3.8, 4) is 78.9 Å². The molecule has 9 nitrogen and oxygen atoms in total. The van der Waals surface area contributed by atoms with E-state index in [1.54, 1.807) is 0 Å². The summed E-state index contributed by atoms with van der Waals surface area (Å²) in [5, 5.41) is 31.8. The predicted molar refractivity (Wildman–Crippen MR) is 261 cm³/mol. The fourth-order valence-corrected chi connectivity index (χ4v) is 8.33. The molecular weight excluding hydrogens is 1090 g/mol. The number of imidazole rings is 2. The minimum Gasteiger partial charge on any atom is -0.480 e. The van der Waals surface area contributed by atoms with E-state index in [0.29, 0.717) is 13.1 Å². The molecule has 2 aromatic heterocycles. The number of hydrogen-bond acceptors (Lipinski definition) is 6. The van der Waals surface area contributed by atoms with Gasteiger partial charge >= 0.3 is 5.97 Å². The molecule has 0 spiro atoms. The van der Waals surface area contributed by atoms with Crippen molar-refractivity contribution in [1.29, 1.82) is 0 Å². The van der Waals surface area contributed by atoms with Crippen LogP contribution in [0.4, 0.5) is 5.69 Å². The summed E-state index contributed by atoms with van der Waals surface area (Å²) >= 11 is 3.65. The Morgan fingerprint density at radius 2 is 0.892 bits per heavy atom. The number of aliphatic hydroxyl groups is 2. The van der Waals surface area contributed by atoms with Gasteiger partial charge in [0.2, 0.25) is 0 Å². The number of benzene rings is 7. The molecule has 4 N–H and O–H groups in total. The number of aliphatic carboxylic acids is 1. The molecule has 0 saturated heterocycles. The van der Waals surface area contributed by atoms with Gasteiger partial charge in [-0.25, -0.2) is 9.97 Å². The van der Waals surface area contributed by atoms with Gasteiger partial charge in [-0.3, -0.25) is 4.79 Å². The molecule has 65 heavy (non-hydrogen) atoms. The summed E-state index contributed by atoms with van der Waals surface area (Å²) in [5.74, 6) is 0.680. The minimum atomic E-state index is -0.918. The number of anilines is 1. The molecule has 0 atom stereocenters. The summed E-state index contributed by atoms with van der Waals surface area (Å²) in [6.45, 7) is 0.706. The maximum absolute atomic E-state index is 11.0. The first-order valence-electron chi connectivity index (χ1n) is 21.0. The summed E-state index contributed by atoms with van der Waals surface area (Å²) < 4.78 is 5.18. The van der Waals surface area contributed by atoms with E-state index >= 15 is 0 Å². The largest absolute Gasteiger partial charge is 0.480 e.